The van der Waals surface area contributed by atoms with Gasteiger partial charge in [0, 0.05) is 22.8 Å². The van der Waals surface area contributed by atoms with Gasteiger partial charge in [-0.05, 0) is 20.3 Å². The number of hydrogen-bond donors (Lipinski definition) is 1. The molecule has 14 heavy (non-hydrogen) atoms. The van der Waals surface area contributed by atoms with Gasteiger partial charge in [-0.15, -0.1) is 11.3 Å². The zero-order valence-corrected chi connectivity index (χ0v) is 11.3. The molecule has 2 atom stereocenters. The van der Waals surface area contributed by atoms with Crippen LogP contribution in [0.5, 0.6) is 0 Å². The highest BCUT2D eigenvalue weighted by Crippen LogP contribution is 2.09. The first-order valence-corrected chi connectivity index (χ1v) is 6.66. The van der Waals surface area contributed by atoms with Crippen molar-refractivity contribution < 1.29 is 0 Å². The summed E-state index contributed by atoms with van der Waals surface area (Å²) in [5.74, 6) is 0. The number of alkyl halides is 1. The van der Waals surface area contributed by atoms with Crippen LogP contribution >= 0.6 is 27.3 Å². The standard InChI is InChI=1S/C10H17BrN2S/c1-7(11)4-8(2)12-5-10-6-14-9(3)13-10/h6-8,12H,4-5H2,1-3H3. The molecule has 0 aromatic carbocycles. The van der Waals surface area contributed by atoms with Crippen molar-refractivity contribution in [2.45, 2.75) is 44.6 Å². The van der Waals surface area contributed by atoms with Gasteiger partial charge in [-0.3, -0.25) is 0 Å². The average Bonchev–Trinajstić information content (AvgIpc) is 2.47. The molecule has 0 aliphatic carbocycles. The number of aryl methyl sites for hydroxylation is 1. The van der Waals surface area contributed by atoms with Crippen LogP contribution in [0.4, 0.5) is 0 Å². The molecule has 0 spiro atoms. The number of nitrogens with zero attached hydrogens (tertiary/aromatic N) is 1. The van der Waals surface area contributed by atoms with E-state index >= 15 is 0 Å². The Bertz CT molecular complexity index is 273. The Morgan fingerprint density at radius 2 is 2.29 bits per heavy atom. The van der Waals surface area contributed by atoms with Crippen molar-refractivity contribution in [1.82, 2.24) is 10.3 Å². The number of halogens is 1. The maximum Gasteiger partial charge on any atom is 0.0897 e. The molecule has 4 heteroatoms. The summed E-state index contributed by atoms with van der Waals surface area (Å²) in [5.41, 5.74) is 1.15. The van der Waals surface area contributed by atoms with E-state index in [1.807, 2.05) is 6.92 Å². The molecule has 0 saturated carbocycles. The Balaban J connectivity index is 2.26. The highest BCUT2D eigenvalue weighted by atomic mass is 79.9. The maximum absolute atomic E-state index is 4.41. The van der Waals surface area contributed by atoms with Crippen molar-refractivity contribution in [1.29, 1.82) is 0 Å². The normalized spacial score (nSPS) is 15.4. The summed E-state index contributed by atoms with van der Waals surface area (Å²) in [6.07, 6.45) is 1.14. The predicted molar refractivity (Wildman–Crippen MR) is 66.2 cm³/mol. The summed E-state index contributed by atoms with van der Waals surface area (Å²) in [4.78, 5) is 4.98. The van der Waals surface area contributed by atoms with Gasteiger partial charge >= 0.3 is 0 Å². The lowest BCUT2D eigenvalue weighted by molar-refractivity contribution is 0.512. The van der Waals surface area contributed by atoms with Gasteiger partial charge in [0.15, 0.2) is 0 Å². The quantitative estimate of drug-likeness (QED) is 0.836. The van der Waals surface area contributed by atoms with E-state index in [9.17, 15) is 0 Å². The number of rotatable bonds is 5. The highest BCUT2D eigenvalue weighted by Gasteiger charge is 2.06. The minimum atomic E-state index is 0.534. The molecule has 0 radical (unpaired) electrons. The van der Waals surface area contributed by atoms with E-state index in [2.05, 4.69) is 45.5 Å². The zero-order chi connectivity index (χ0) is 10.6. The number of thiazole rings is 1. The first-order chi connectivity index (χ1) is 6.58. The van der Waals surface area contributed by atoms with Gasteiger partial charge in [0.2, 0.25) is 0 Å². The lowest BCUT2D eigenvalue weighted by Crippen LogP contribution is -2.27. The summed E-state index contributed by atoms with van der Waals surface area (Å²) in [6, 6.07) is 0.534. The van der Waals surface area contributed by atoms with Gasteiger partial charge < -0.3 is 5.32 Å². The van der Waals surface area contributed by atoms with E-state index in [1.165, 1.54) is 0 Å². The zero-order valence-electron chi connectivity index (χ0n) is 8.88. The first kappa shape index (κ1) is 12.1. The fourth-order valence-electron chi connectivity index (χ4n) is 1.34. The van der Waals surface area contributed by atoms with E-state index < -0.39 is 0 Å². The maximum atomic E-state index is 4.41. The minimum absolute atomic E-state index is 0.534. The topological polar surface area (TPSA) is 24.9 Å². The molecular formula is C10H17BrN2S. The fraction of sp³-hybridized carbons (Fsp3) is 0.700. The van der Waals surface area contributed by atoms with Gasteiger partial charge in [0.25, 0.3) is 0 Å². The molecular weight excluding hydrogens is 260 g/mol. The Kier molecular flexibility index (Phi) is 5.06. The van der Waals surface area contributed by atoms with E-state index in [4.69, 9.17) is 0 Å². The lowest BCUT2D eigenvalue weighted by atomic mass is 10.2. The van der Waals surface area contributed by atoms with Gasteiger partial charge in [-0.2, -0.15) is 0 Å². The van der Waals surface area contributed by atoms with Crippen LogP contribution in [0.1, 0.15) is 31.0 Å². The summed E-state index contributed by atoms with van der Waals surface area (Å²) >= 11 is 5.26. The molecule has 0 saturated heterocycles. The lowest BCUT2D eigenvalue weighted by Gasteiger charge is -2.13. The summed E-state index contributed by atoms with van der Waals surface area (Å²) < 4.78 is 0. The van der Waals surface area contributed by atoms with Crippen molar-refractivity contribution in [3.05, 3.63) is 16.1 Å². The molecule has 80 valence electrons. The van der Waals surface area contributed by atoms with E-state index in [0.29, 0.717) is 10.9 Å². The van der Waals surface area contributed by atoms with Gasteiger partial charge in [-0.1, -0.05) is 22.9 Å². The second kappa shape index (κ2) is 5.83. The van der Waals surface area contributed by atoms with Gasteiger partial charge in [-0.25, -0.2) is 4.98 Å². The van der Waals surface area contributed by atoms with Crippen molar-refractivity contribution in [3.8, 4) is 0 Å². The second-order valence-corrected chi connectivity index (χ2v) is 6.28. The van der Waals surface area contributed by atoms with Crippen LogP contribution in [0, 0.1) is 6.92 Å². The number of aromatic nitrogens is 1. The third kappa shape index (κ3) is 4.53. The van der Waals surface area contributed by atoms with E-state index in [0.717, 1.165) is 23.7 Å². The SMILES string of the molecule is Cc1nc(CNC(C)CC(C)Br)cs1. The fourth-order valence-corrected chi connectivity index (χ4v) is 2.51. The van der Waals surface area contributed by atoms with Crippen molar-refractivity contribution in [3.63, 3.8) is 0 Å². The monoisotopic (exact) mass is 276 g/mol. The Morgan fingerprint density at radius 1 is 1.57 bits per heavy atom. The molecule has 1 N–H and O–H groups in total. The number of nitrogens with one attached hydrogen (secondary N) is 1. The second-order valence-electron chi connectivity index (χ2n) is 3.66. The van der Waals surface area contributed by atoms with Crippen LogP contribution in [0.2, 0.25) is 0 Å². The summed E-state index contributed by atoms with van der Waals surface area (Å²) in [5, 5.41) is 6.72. The van der Waals surface area contributed by atoms with Crippen LogP contribution < -0.4 is 5.32 Å². The van der Waals surface area contributed by atoms with Gasteiger partial charge in [0.1, 0.15) is 0 Å². The minimum Gasteiger partial charge on any atom is -0.309 e. The molecule has 0 fully saturated rings. The molecule has 1 heterocycles. The third-order valence-electron chi connectivity index (χ3n) is 1.98. The Hall–Kier alpha value is 0.0700. The van der Waals surface area contributed by atoms with E-state index in [1.54, 1.807) is 11.3 Å². The Morgan fingerprint density at radius 3 is 2.79 bits per heavy atom. The third-order valence-corrected chi connectivity index (χ3v) is 3.17. The molecule has 2 unspecified atom stereocenters. The number of hydrogen-bond acceptors (Lipinski definition) is 3. The predicted octanol–water partition coefficient (Wildman–Crippen LogP) is 3.10. The smallest absolute Gasteiger partial charge is 0.0897 e. The van der Waals surface area contributed by atoms with Gasteiger partial charge in [0.05, 0.1) is 10.7 Å². The molecule has 0 bridgehead atoms. The molecule has 1 aromatic heterocycles. The van der Waals surface area contributed by atoms with Crippen LogP contribution in [0.25, 0.3) is 0 Å². The highest BCUT2D eigenvalue weighted by molar-refractivity contribution is 9.09. The van der Waals surface area contributed by atoms with Crippen LogP contribution in [0.3, 0.4) is 0 Å². The Labute approximate surface area is 98.3 Å². The molecule has 1 aromatic rings. The largest absolute Gasteiger partial charge is 0.309 e. The average molecular weight is 277 g/mol. The van der Waals surface area contributed by atoms with Crippen molar-refractivity contribution >= 4 is 27.3 Å². The molecule has 2 nitrogen and oxygen atoms in total. The van der Waals surface area contributed by atoms with Crippen molar-refractivity contribution in [2.75, 3.05) is 0 Å². The molecule has 0 aliphatic rings. The molecule has 1 rings (SSSR count). The first-order valence-electron chi connectivity index (χ1n) is 4.86. The van der Waals surface area contributed by atoms with Crippen LogP contribution in [0.15, 0.2) is 5.38 Å². The summed E-state index contributed by atoms with van der Waals surface area (Å²) in [6.45, 7) is 7.30. The van der Waals surface area contributed by atoms with E-state index in [-0.39, 0.29) is 0 Å². The molecule has 0 amide bonds. The van der Waals surface area contributed by atoms with Crippen molar-refractivity contribution in [2.24, 2.45) is 0 Å². The van der Waals surface area contributed by atoms with Crippen LogP contribution in [-0.2, 0) is 6.54 Å². The molecule has 0 aliphatic heterocycles. The van der Waals surface area contributed by atoms with Crippen LogP contribution in [-0.4, -0.2) is 15.9 Å². The summed E-state index contributed by atoms with van der Waals surface area (Å²) in [7, 11) is 0.